The van der Waals surface area contributed by atoms with E-state index in [1.165, 1.54) is 0 Å². The van der Waals surface area contributed by atoms with Crippen molar-refractivity contribution >= 4 is 0 Å². The molecule has 2 N–H and O–H groups in total. The SMILES string of the molecule is O[C@H]1CNCC(F)(F)C1. The minimum absolute atomic E-state index is 0.287. The Kier molecular flexibility index (Phi) is 1.68. The fourth-order valence-electron chi connectivity index (χ4n) is 0.911. The molecule has 4 heteroatoms. The normalized spacial score (nSPS) is 34.3. The highest BCUT2D eigenvalue weighted by molar-refractivity contribution is 4.80. The molecule has 0 aromatic rings. The second-order valence-electron chi connectivity index (χ2n) is 2.34. The molecule has 1 saturated heterocycles. The molecule has 54 valence electrons. The molecule has 1 fully saturated rings. The van der Waals surface area contributed by atoms with E-state index < -0.39 is 18.4 Å². The summed E-state index contributed by atoms with van der Waals surface area (Å²) >= 11 is 0. The van der Waals surface area contributed by atoms with Gasteiger partial charge in [0.05, 0.1) is 12.6 Å². The summed E-state index contributed by atoms with van der Waals surface area (Å²) in [6.07, 6.45) is -1.28. The molecule has 0 radical (unpaired) electrons. The number of piperidine rings is 1. The number of alkyl halides is 2. The fourth-order valence-corrected chi connectivity index (χ4v) is 0.911. The molecule has 1 aliphatic rings. The van der Waals surface area contributed by atoms with E-state index >= 15 is 0 Å². The van der Waals surface area contributed by atoms with E-state index in [4.69, 9.17) is 5.11 Å². The summed E-state index contributed by atoms with van der Waals surface area (Å²) < 4.78 is 24.5. The molecule has 0 saturated carbocycles. The van der Waals surface area contributed by atoms with Crippen LogP contribution in [0.25, 0.3) is 0 Å². The first-order valence-electron chi connectivity index (χ1n) is 2.87. The number of halogens is 2. The molecule has 0 amide bonds. The molecule has 1 rings (SSSR count). The predicted molar refractivity (Wildman–Crippen MR) is 28.4 cm³/mol. The first-order chi connectivity index (χ1) is 4.10. The van der Waals surface area contributed by atoms with Crippen molar-refractivity contribution in [3.05, 3.63) is 0 Å². The van der Waals surface area contributed by atoms with E-state index in [0.29, 0.717) is 0 Å². The van der Waals surface area contributed by atoms with Crippen molar-refractivity contribution in [3.63, 3.8) is 0 Å². The summed E-state index contributed by atoms with van der Waals surface area (Å²) in [6, 6.07) is 0. The van der Waals surface area contributed by atoms with Gasteiger partial charge in [-0.2, -0.15) is 0 Å². The third-order valence-corrected chi connectivity index (χ3v) is 1.30. The maximum atomic E-state index is 12.2. The summed E-state index contributed by atoms with van der Waals surface area (Å²) in [5, 5.41) is 11.1. The molecule has 0 unspecified atom stereocenters. The monoisotopic (exact) mass is 137 g/mol. The van der Waals surface area contributed by atoms with Gasteiger partial charge in [0.2, 0.25) is 0 Å². The number of nitrogens with one attached hydrogen (secondary N) is 1. The molecule has 2 nitrogen and oxygen atoms in total. The van der Waals surface area contributed by atoms with Crippen LogP contribution in [0.5, 0.6) is 0 Å². The van der Waals surface area contributed by atoms with Crippen LogP contribution in [-0.2, 0) is 0 Å². The average molecular weight is 137 g/mol. The van der Waals surface area contributed by atoms with Crippen molar-refractivity contribution in [2.45, 2.75) is 18.4 Å². The Morgan fingerprint density at radius 2 is 2.22 bits per heavy atom. The van der Waals surface area contributed by atoms with Crippen LogP contribution in [0, 0.1) is 0 Å². The number of aliphatic hydroxyl groups is 1. The van der Waals surface area contributed by atoms with Crippen LogP contribution in [0.3, 0.4) is 0 Å². The standard InChI is InChI=1S/C5H9F2NO/c6-5(7)1-4(9)2-8-3-5/h4,8-9H,1-3H2/t4-/m1/s1. The lowest BCUT2D eigenvalue weighted by atomic mass is 10.1. The largest absolute Gasteiger partial charge is 0.392 e. The van der Waals surface area contributed by atoms with Gasteiger partial charge < -0.3 is 10.4 Å². The van der Waals surface area contributed by atoms with E-state index in [-0.39, 0.29) is 13.1 Å². The zero-order valence-electron chi connectivity index (χ0n) is 4.90. The van der Waals surface area contributed by atoms with Crippen LogP contribution in [0.4, 0.5) is 8.78 Å². The van der Waals surface area contributed by atoms with E-state index in [1.54, 1.807) is 0 Å². The van der Waals surface area contributed by atoms with Gasteiger partial charge in [0.1, 0.15) is 0 Å². The van der Waals surface area contributed by atoms with Crippen LogP contribution in [0.1, 0.15) is 6.42 Å². The predicted octanol–water partition coefficient (Wildman–Crippen LogP) is -0.0241. The first kappa shape index (κ1) is 6.89. The molecule has 0 spiro atoms. The van der Waals surface area contributed by atoms with E-state index in [9.17, 15) is 8.78 Å². The fraction of sp³-hybridized carbons (Fsp3) is 1.00. The van der Waals surface area contributed by atoms with Crippen LogP contribution in [-0.4, -0.2) is 30.2 Å². The molecule has 0 aromatic heterocycles. The maximum Gasteiger partial charge on any atom is 0.262 e. The Balaban J connectivity index is 2.41. The van der Waals surface area contributed by atoms with Crippen molar-refractivity contribution in [1.29, 1.82) is 0 Å². The lowest BCUT2D eigenvalue weighted by molar-refractivity contribution is -0.0630. The van der Waals surface area contributed by atoms with Gasteiger partial charge in [-0.3, -0.25) is 0 Å². The smallest absolute Gasteiger partial charge is 0.262 e. The van der Waals surface area contributed by atoms with Crippen molar-refractivity contribution in [3.8, 4) is 0 Å². The Morgan fingerprint density at radius 3 is 2.56 bits per heavy atom. The molecule has 0 aliphatic carbocycles. The molecule has 1 heterocycles. The number of aliphatic hydroxyl groups excluding tert-OH is 1. The molecular weight excluding hydrogens is 128 g/mol. The molecule has 0 bridgehead atoms. The maximum absolute atomic E-state index is 12.2. The summed E-state index contributed by atoms with van der Waals surface area (Å²) in [4.78, 5) is 0. The quantitative estimate of drug-likeness (QED) is 0.491. The van der Waals surface area contributed by atoms with E-state index in [2.05, 4.69) is 5.32 Å². The van der Waals surface area contributed by atoms with Crippen LogP contribution in [0.2, 0.25) is 0 Å². The van der Waals surface area contributed by atoms with Crippen LogP contribution in [0.15, 0.2) is 0 Å². The van der Waals surface area contributed by atoms with Crippen LogP contribution >= 0.6 is 0 Å². The third kappa shape index (κ3) is 1.87. The number of rotatable bonds is 0. The van der Waals surface area contributed by atoms with Gasteiger partial charge in [0, 0.05) is 13.0 Å². The van der Waals surface area contributed by atoms with Crippen molar-refractivity contribution in [2.24, 2.45) is 0 Å². The van der Waals surface area contributed by atoms with Crippen molar-refractivity contribution in [2.75, 3.05) is 13.1 Å². The summed E-state index contributed by atoms with van der Waals surface area (Å²) in [6.45, 7) is -0.0142. The highest BCUT2D eigenvalue weighted by Crippen LogP contribution is 2.21. The summed E-state index contributed by atoms with van der Waals surface area (Å²) in [5.41, 5.74) is 0. The second kappa shape index (κ2) is 2.19. The Hall–Kier alpha value is -0.220. The molecule has 1 atom stereocenters. The molecular formula is C5H9F2NO. The third-order valence-electron chi connectivity index (χ3n) is 1.30. The molecule has 9 heavy (non-hydrogen) atoms. The van der Waals surface area contributed by atoms with Gasteiger partial charge in [-0.15, -0.1) is 0 Å². The Morgan fingerprint density at radius 1 is 1.56 bits per heavy atom. The molecule has 0 aromatic carbocycles. The van der Waals surface area contributed by atoms with Gasteiger partial charge >= 0.3 is 0 Å². The van der Waals surface area contributed by atoms with Gasteiger partial charge in [0.15, 0.2) is 0 Å². The highest BCUT2D eigenvalue weighted by atomic mass is 19.3. The van der Waals surface area contributed by atoms with Gasteiger partial charge in [0.25, 0.3) is 5.92 Å². The average Bonchev–Trinajstić information content (AvgIpc) is 1.60. The zero-order chi connectivity index (χ0) is 6.91. The molecule has 1 aliphatic heterocycles. The number of hydrogen-bond acceptors (Lipinski definition) is 2. The number of hydrogen-bond donors (Lipinski definition) is 2. The Bertz CT molecular complexity index is 107. The summed E-state index contributed by atoms with van der Waals surface area (Å²) in [5.74, 6) is -2.71. The number of β-amino-alcohol motifs (C(OH)–C–C–N with tert-alkyl or cyclic N) is 1. The van der Waals surface area contributed by atoms with Crippen molar-refractivity contribution in [1.82, 2.24) is 5.32 Å². The van der Waals surface area contributed by atoms with Crippen LogP contribution < -0.4 is 5.32 Å². The summed E-state index contributed by atoms with van der Waals surface area (Å²) in [7, 11) is 0. The van der Waals surface area contributed by atoms with Gasteiger partial charge in [-0.05, 0) is 0 Å². The Labute approximate surface area is 51.9 Å². The zero-order valence-corrected chi connectivity index (χ0v) is 4.90. The lowest BCUT2D eigenvalue weighted by Gasteiger charge is -2.26. The van der Waals surface area contributed by atoms with E-state index in [0.717, 1.165) is 0 Å². The topological polar surface area (TPSA) is 32.3 Å². The lowest BCUT2D eigenvalue weighted by Crippen LogP contribution is -2.46. The van der Waals surface area contributed by atoms with E-state index in [1.807, 2.05) is 0 Å². The van der Waals surface area contributed by atoms with Gasteiger partial charge in [-0.1, -0.05) is 0 Å². The minimum Gasteiger partial charge on any atom is -0.392 e. The highest BCUT2D eigenvalue weighted by Gasteiger charge is 2.35. The van der Waals surface area contributed by atoms with Crippen molar-refractivity contribution < 1.29 is 13.9 Å². The van der Waals surface area contributed by atoms with Gasteiger partial charge in [-0.25, -0.2) is 8.78 Å². The first-order valence-corrected chi connectivity index (χ1v) is 2.87. The minimum atomic E-state index is -2.71. The second-order valence-corrected chi connectivity index (χ2v) is 2.34.